The standard InChI is InChI=1S/C22H18O4/c1-13-11-15(7-9-19(13)23)21(16-8-10-20(24)14(2)12-16)17-5-3-4-6-18(17)22(25)26/h3-12,23H,1-2H3,(H,25,26)/p-1/b21-16+. The summed E-state index contributed by atoms with van der Waals surface area (Å²) in [4.78, 5) is 23.5. The zero-order chi connectivity index (χ0) is 18.8. The second-order valence-corrected chi connectivity index (χ2v) is 6.19. The summed E-state index contributed by atoms with van der Waals surface area (Å²) in [5, 5.41) is 21.4. The first-order valence-corrected chi connectivity index (χ1v) is 8.14. The summed E-state index contributed by atoms with van der Waals surface area (Å²) in [5.74, 6) is -1.19. The summed E-state index contributed by atoms with van der Waals surface area (Å²) in [6.45, 7) is 3.44. The molecule has 1 aliphatic carbocycles. The van der Waals surface area contributed by atoms with Gasteiger partial charge in [0.1, 0.15) is 0 Å². The number of benzene rings is 2. The molecule has 0 unspecified atom stereocenters. The lowest BCUT2D eigenvalue weighted by Gasteiger charge is -2.19. The molecule has 0 heterocycles. The van der Waals surface area contributed by atoms with E-state index in [1.807, 2.05) is 0 Å². The number of aryl methyl sites for hydroxylation is 1. The molecule has 0 aromatic heterocycles. The molecular formula is C22H17O4-. The average Bonchev–Trinajstić information content (AvgIpc) is 2.61. The minimum absolute atomic E-state index is 0.0780. The predicted octanol–water partition coefficient (Wildman–Crippen LogP) is 3.65. The fraction of sp³-hybridized carbons (Fsp3) is 0.0909. The topological polar surface area (TPSA) is 77.4 Å². The Morgan fingerprint density at radius 2 is 1.69 bits per heavy atom. The van der Waals surface area contributed by atoms with Gasteiger partial charge in [-0.05, 0) is 59.9 Å². The van der Waals surface area contributed by atoms with E-state index in [4.69, 9.17) is 0 Å². The lowest BCUT2D eigenvalue weighted by molar-refractivity contribution is -0.269. The number of carboxylic acid groups (broad SMARTS) is 1. The second-order valence-electron chi connectivity index (χ2n) is 6.19. The Balaban J connectivity index is 2.35. The molecule has 0 bridgehead atoms. The van der Waals surface area contributed by atoms with E-state index in [0.717, 1.165) is 11.1 Å². The molecule has 26 heavy (non-hydrogen) atoms. The largest absolute Gasteiger partial charge is 0.872 e. The Morgan fingerprint density at radius 1 is 1.00 bits per heavy atom. The van der Waals surface area contributed by atoms with E-state index in [1.165, 1.54) is 12.1 Å². The quantitative estimate of drug-likeness (QED) is 0.921. The molecule has 1 aliphatic rings. The second kappa shape index (κ2) is 6.84. The highest BCUT2D eigenvalue weighted by molar-refractivity contribution is 6.07. The van der Waals surface area contributed by atoms with Crippen molar-refractivity contribution in [2.75, 3.05) is 0 Å². The van der Waals surface area contributed by atoms with E-state index < -0.39 is 5.97 Å². The number of hydrogen-bond donors (Lipinski definition) is 1. The zero-order valence-electron chi connectivity index (χ0n) is 14.4. The van der Waals surface area contributed by atoms with Crippen molar-refractivity contribution in [3.63, 3.8) is 0 Å². The van der Waals surface area contributed by atoms with Gasteiger partial charge in [-0.3, -0.25) is 4.79 Å². The minimum atomic E-state index is -1.03. The lowest BCUT2D eigenvalue weighted by atomic mass is 9.86. The molecule has 2 aromatic carbocycles. The van der Waals surface area contributed by atoms with Crippen molar-refractivity contribution in [1.29, 1.82) is 0 Å². The van der Waals surface area contributed by atoms with Crippen LogP contribution in [-0.4, -0.2) is 16.9 Å². The van der Waals surface area contributed by atoms with Crippen molar-refractivity contribution < 1.29 is 19.8 Å². The van der Waals surface area contributed by atoms with Gasteiger partial charge in [-0.2, -0.15) is 0 Å². The molecule has 0 spiro atoms. The summed E-state index contributed by atoms with van der Waals surface area (Å²) in [6, 6.07) is 11.6. The Kier molecular flexibility index (Phi) is 4.59. The SMILES string of the molecule is CC1=C/C(=C(\c2ccc([O-])c(C)c2)c2ccccc2C(=O)O)C=CC1=O. The third kappa shape index (κ3) is 3.22. The predicted molar refractivity (Wildman–Crippen MR) is 98.0 cm³/mol. The van der Waals surface area contributed by atoms with Crippen molar-refractivity contribution in [1.82, 2.24) is 0 Å². The van der Waals surface area contributed by atoms with Crippen LogP contribution in [0.5, 0.6) is 5.75 Å². The van der Waals surface area contributed by atoms with Gasteiger partial charge in [0.2, 0.25) is 0 Å². The molecule has 130 valence electrons. The van der Waals surface area contributed by atoms with Crippen molar-refractivity contribution in [3.8, 4) is 5.75 Å². The van der Waals surface area contributed by atoms with E-state index >= 15 is 0 Å². The van der Waals surface area contributed by atoms with E-state index in [0.29, 0.717) is 22.3 Å². The Labute approximate surface area is 151 Å². The van der Waals surface area contributed by atoms with E-state index in [1.54, 1.807) is 62.4 Å². The van der Waals surface area contributed by atoms with Gasteiger partial charge in [0, 0.05) is 0 Å². The molecule has 0 aliphatic heterocycles. The number of rotatable bonds is 3. The normalized spacial score (nSPS) is 15.6. The number of carboxylic acids is 1. The Morgan fingerprint density at radius 3 is 2.31 bits per heavy atom. The first-order chi connectivity index (χ1) is 12.4. The van der Waals surface area contributed by atoms with Gasteiger partial charge >= 0.3 is 5.97 Å². The maximum absolute atomic E-state index is 11.8. The minimum Gasteiger partial charge on any atom is -0.872 e. The van der Waals surface area contributed by atoms with Crippen LogP contribution < -0.4 is 5.11 Å². The smallest absolute Gasteiger partial charge is 0.336 e. The Hall–Kier alpha value is -3.40. The monoisotopic (exact) mass is 345 g/mol. The van der Waals surface area contributed by atoms with Gasteiger partial charge in [0.05, 0.1) is 5.56 Å². The maximum Gasteiger partial charge on any atom is 0.336 e. The fourth-order valence-electron chi connectivity index (χ4n) is 2.98. The highest BCUT2D eigenvalue weighted by Gasteiger charge is 2.19. The summed E-state index contributed by atoms with van der Waals surface area (Å²) in [7, 11) is 0. The molecule has 0 saturated heterocycles. The van der Waals surface area contributed by atoms with Crippen molar-refractivity contribution >= 4 is 17.3 Å². The van der Waals surface area contributed by atoms with E-state index in [9.17, 15) is 19.8 Å². The summed E-state index contributed by atoms with van der Waals surface area (Å²) in [5.41, 5.74) is 3.98. The highest BCUT2D eigenvalue weighted by Crippen LogP contribution is 2.34. The van der Waals surface area contributed by atoms with Crippen LogP contribution in [0.3, 0.4) is 0 Å². The molecule has 1 N–H and O–H groups in total. The number of hydrogen-bond acceptors (Lipinski definition) is 3. The lowest BCUT2D eigenvalue weighted by Crippen LogP contribution is -2.06. The molecular weight excluding hydrogens is 328 g/mol. The van der Waals surface area contributed by atoms with Crippen molar-refractivity contribution in [2.24, 2.45) is 0 Å². The third-order valence-electron chi connectivity index (χ3n) is 4.35. The molecule has 0 radical (unpaired) electrons. The maximum atomic E-state index is 11.8. The van der Waals surface area contributed by atoms with Crippen LogP contribution >= 0.6 is 0 Å². The molecule has 0 saturated carbocycles. The van der Waals surface area contributed by atoms with Crippen LogP contribution in [0.15, 0.2) is 71.8 Å². The van der Waals surface area contributed by atoms with Gasteiger partial charge in [0.15, 0.2) is 5.78 Å². The fourth-order valence-corrected chi connectivity index (χ4v) is 2.98. The number of ketones is 1. The Bertz CT molecular complexity index is 1010. The molecule has 3 rings (SSSR count). The molecule has 0 fully saturated rings. The zero-order valence-corrected chi connectivity index (χ0v) is 14.4. The van der Waals surface area contributed by atoms with Crippen LogP contribution in [0.1, 0.15) is 34.0 Å². The molecule has 4 nitrogen and oxygen atoms in total. The van der Waals surface area contributed by atoms with Gasteiger partial charge in [-0.1, -0.05) is 48.0 Å². The first kappa shape index (κ1) is 17.4. The summed E-state index contributed by atoms with van der Waals surface area (Å²) >= 11 is 0. The van der Waals surface area contributed by atoms with Gasteiger partial charge in [-0.15, -0.1) is 5.75 Å². The van der Waals surface area contributed by atoms with Crippen LogP contribution in [0.4, 0.5) is 0 Å². The van der Waals surface area contributed by atoms with Gasteiger partial charge < -0.3 is 10.2 Å². The van der Waals surface area contributed by atoms with Crippen molar-refractivity contribution in [2.45, 2.75) is 13.8 Å². The number of aromatic carboxylic acids is 1. The third-order valence-corrected chi connectivity index (χ3v) is 4.35. The summed E-state index contributed by atoms with van der Waals surface area (Å²) < 4.78 is 0. The first-order valence-electron chi connectivity index (χ1n) is 8.14. The van der Waals surface area contributed by atoms with Gasteiger partial charge in [-0.25, -0.2) is 4.79 Å². The van der Waals surface area contributed by atoms with Crippen LogP contribution in [0.25, 0.3) is 5.57 Å². The molecule has 0 atom stereocenters. The molecule has 0 amide bonds. The van der Waals surface area contributed by atoms with E-state index in [2.05, 4.69) is 0 Å². The highest BCUT2D eigenvalue weighted by atomic mass is 16.4. The van der Waals surface area contributed by atoms with Crippen LogP contribution in [-0.2, 0) is 4.79 Å². The van der Waals surface area contributed by atoms with Crippen LogP contribution in [0, 0.1) is 6.92 Å². The molecule has 2 aromatic rings. The average molecular weight is 345 g/mol. The van der Waals surface area contributed by atoms with E-state index in [-0.39, 0.29) is 17.1 Å². The van der Waals surface area contributed by atoms with Gasteiger partial charge in [0.25, 0.3) is 0 Å². The number of allylic oxidation sites excluding steroid dienone is 5. The number of carbonyl (C=O) groups excluding carboxylic acids is 1. The number of carbonyl (C=O) groups is 2. The molecule has 4 heteroatoms. The van der Waals surface area contributed by atoms with Crippen LogP contribution in [0.2, 0.25) is 0 Å². The summed E-state index contributed by atoms with van der Waals surface area (Å²) in [6.07, 6.45) is 4.91. The van der Waals surface area contributed by atoms with Crippen molar-refractivity contribution in [3.05, 3.63) is 94.1 Å².